The van der Waals surface area contributed by atoms with Crippen LogP contribution < -0.4 is 0 Å². The van der Waals surface area contributed by atoms with Crippen molar-refractivity contribution in [3.63, 3.8) is 0 Å². The normalized spacial score (nSPS) is 10.5. The largest absolute Gasteiger partial charge is 0.465 e. The van der Waals surface area contributed by atoms with E-state index in [1.54, 1.807) is 24.4 Å². The number of alkyl halides is 1. The number of fused-ring (bicyclic) bond motifs is 1. The molecule has 0 aliphatic rings. The Hall–Kier alpha value is -1.81. The maximum atomic E-state index is 11.6. The highest BCUT2D eigenvalue weighted by Gasteiger charge is 2.13. The van der Waals surface area contributed by atoms with Crippen LogP contribution in [0.1, 0.15) is 20.7 Å². The number of esters is 1. The first kappa shape index (κ1) is 11.7. The quantitative estimate of drug-likeness (QED) is 0.518. The topological polar surface area (TPSA) is 59.2 Å². The molecule has 1 heterocycles. The number of carbonyl (C=O) groups excluding carboxylic acids is 2. The second kappa shape index (κ2) is 4.59. The second-order valence-electron chi connectivity index (χ2n) is 3.51. The van der Waals surface area contributed by atoms with Crippen LogP contribution in [0, 0.1) is 0 Å². The number of benzene rings is 1. The van der Waals surface area contributed by atoms with Gasteiger partial charge in [-0.25, -0.2) is 4.79 Å². The molecule has 0 amide bonds. The third-order valence-electron chi connectivity index (χ3n) is 2.52. The molecule has 1 aromatic carbocycles. The molecule has 0 aliphatic carbocycles. The molecule has 2 rings (SSSR count). The van der Waals surface area contributed by atoms with Crippen LogP contribution in [0.3, 0.4) is 0 Å². The number of aromatic nitrogens is 1. The van der Waals surface area contributed by atoms with Gasteiger partial charge >= 0.3 is 5.97 Å². The summed E-state index contributed by atoms with van der Waals surface area (Å²) in [6.45, 7) is 0. The lowest BCUT2D eigenvalue weighted by Crippen LogP contribution is -2.02. The number of Topliss-reactive ketones (excluding diaryl/α,β-unsaturated/α-hetero) is 1. The van der Waals surface area contributed by atoms with Gasteiger partial charge in [-0.2, -0.15) is 0 Å². The number of ether oxygens (including phenoxy) is 1. The van der Waals surface area contributed by atoms with E-state index in [9.17, 15) is 9.59 Å². The molecule has 1 aromatic heterocycles. The summed E-state index contributed by atoms with van der Waals surface area (Å²) < 4.78 is 4.63. The highest BCUT2D eigenvalue weighted by Crippen LogP contribution is 2.21. The van der Waals surface area contributed by atoms with E-state index < -0.39 is 5.97 Å². The van der Waals surface area contributed by atoms with Crippen molar-refractivity contribution in [2.24, 2.45) is 0 Å². The van der Waals surface area contributed by atoms with Gasteiger partial charge in [0.05, 0.1) is 18.6 Å². The lowest BCUT2D eigenvalue weighted by Gasteiger charge is -2.00. The van der Waals surface area contributed by atoms with Crippen molar-refractivity contribution in [3.8, 4) is 0 Å². The monoisotopic (exact) mass is 251 g/mol. The SMILES string of the molecule is COC(=O)c1ccc2[nH]cc(C(=O)CCl)c2c1. The number of hydrogen-bond acceptors (Lipinski definition) is 3. The van der Waals surface area contributed by atoms with Crippen molar-refractivity contribution >= 4 is 34.3 Å². The standard InChI is InChI=1S/C12H10ClNO3/c1-17-12(16)7-2-3-10-8(4-7)9(6-14-10)11(15)5-13/h2-4,6,14H,5H2,1H3. The van der Waals surface area contributed by atoms with Gasteiger partial charge in [0.15, 0.2) is 5.78 Å². The number of halogens is 1. The second-order valence-corrected chi connectivity index (χ2v) is 3.78. The Morgan fingerprint density at radius 1 is 1.41 bits per heavy atom. The van der Waals surface area contributed by atoms with Gasteiger partial charge < -0.3 is 9.72 Å². The average Bonchev–Trinajstić information content (AvgIpc) is 2.79. The number of ketones is 1. The Kier molecular flexibility index (Phi) is 3.15. The zero-order chi connectivity index (χ0) is 12.4. The summed E-state index contributed by atoms with van der Waals surface area (Å²) in [5.41, 5.74) is 1.68. The number of rotatable bonds is 3. The van der Waals surface area contributed by atoms with E-state index in [0.29, 0.717) is 16.5 Å². The third kappa shape index (κ3) is 2.03. The molecule has 2 aromatic rings. The summed E-state index contributed by atoms with van der Waals surface area (Å²) in [5.74, 6) is -0.701. The summed E-state index contributed by atoms with van der Waals surface area (Å²) in [6, 6.07) is 4.99. The van der Waals surface area contributed by atoms with Gasteiger partial charge in [-0.15, -0.1) is 11.6 Å². The zero-order valence-electron chi connectivity index (χ0n) is 9.12. The molecular weight excluding hydrogens is 242 g/mol. The molecule has 17 heavy (non-hydrogen) atoms. The summed E-state index contributed by atoms with van der Waals surface area (Å²) in [4.78, 5) is 25.9. The van der Waals surface area contributed by atoms with Crippen molar-refractivity contribution in [2.75, 3.05) is 13.0 Å². The van der Waals surface area contributed by atoms with E-state index in [1.165, 1.54) is 7.11 Å². The fourth-order valence-electron chi connectivity index (χ4n) is 1.67. The predicted octanol–water partition coefficient (Wildman–Crippen LogP) is 2.38. The molecule has 0 saturated carbocycles. The van der Waals surface area contributed by atoms with Gasteiger partial charge in [0.25, 0.3) is 0 Å². The van der Waals surface area contributed by atoms with E-state index in [0.717, 1.165) is 5.52 Å². The van der Waals surface area contributed by atoms with E-state index in [4.69, 9.17) is 11.6 Å². The van der Waals surface area contributed by atoms with Gasteiger partial charge in [-0.05, 0) is 18.2 Å². The minimum atomic E-state index is -0.433. The number of H-pyrrole nitrogens is 1. The van der Waals surface area contributed by atoms with Crippen molar-refractivity contribution in [3.05, 3.63) is 35.5 Å². The molecule has 1 N–H and O–H groups in total. The van der Waals surface area contributed by atoms with Crippen LogP contribution in [0.2, 0.25) is 0 Å². The van der Waals surface area contributed by atoms with Gasteiger partial charge in [0.1, 0.15) is 0 Å². The number of carbonyl (C=O) groups is 2. The Balaban J connectivity index is 2.58. The molecule has 88 valence electrons. The first-order valence-corrected chi connectivity index (χ1v) is 5.49. The number of methoxy groups -OCH3 is 1. The molecule has 5 heteroatoms. The summed E-state index contributed by atoms with van der Waals surface area (Å²) in [5, 5.41) is 0.679. The van der Waals surface area contributed by atoms with E-state index in [-0.39, 0.29) is 11.7 Å². The molecule has 0 spiro atoms. The van der Waals surface area contributed by atoms with Crippen LogP contribution in [-0.2, 0) is 4.74 Å². The van der Waals surface area contributed by atoms with Crippen LogP contribution in [0.15, 0.2) is 24.4 Å². The highest BCUT2D eigenvalue weighted by atomic mass is 35.5. The number of nitrogens with one attached hydrogen (secondary N) is 1. The minimum absolute atomic E-state index is 0.0879. The van der Waals surface area contributed by atoms with Crippen LogP contribution in [0.25, 0.3) is 10.9 Å². The Morgan fingerprint density at radius 2 is 2.18 bits per heavy atom. The van der Waals surface area contributed by atoms with Crippen LogP contribution >= 0.6 is 11.6 Å². The van der Waals surface area contributed by atoms with Crippen LogP contribution in [-0.4, -0.2) is 29.7 Å². The average molecular weight is 252 g/mol. The molecule has 0 fully saturated rings. The Morgan fingerprint density at radius 3 is 2.82 bits per heavy atom. The van der Waals surface area contributed by atoms with Crippen LogP contribution in [0.5, 0.6) is 0 Å². The maximum absolute atomic E-state index is 11.6. The molecule has 0 saturated heterocycles. The van der Waals surface area contributed by atoms with Gasteiger partial charge in [0, 0.05) is 22.7 Å². The Labute approximate surface area is 103 Å². The van der Waals surface area contributed by atoms with Crippen molar-refractivity contribution in [1.82, 2.24) is 4.98 Å². The molecule has 4 nitrogen and oxygen atoms in total. The number of hydrogen-bond donors (Lipinski definition) is 1. The van der Waals surface area contributed by atoms with Crippen molar-refractivity contribution < 1.29 is 14.3 Å². The molecule has 0 bridgehead atoms. The first-order chi connectivity index (χ1) is 8.17. The van der Waals surface area contributed by atoms with Crippen molar-refractivity contribution in [1.29, 1.82) is 0 Å². The predicted molar refractivity (Wildman–Crippen MR) is 64.7 cm³/mol. The zero-order valence-corrected chi connectivity index (χ0v) is 9.88. The van der Waals surface area contributed by atoms with Crippen LogP contribution in [0.4, 0.5) is 0 Å². The molecule has 0 atom stereocenters. The van der Waals surface area contributed by atoms with E-state index >= 15 is 0 Å². The maximum Gasteiger partial charge on any atom is 0.337 e. The summed E-state index contributed by atoms with van der Waals surface area (Å²) in [7, 11) is 1.31. The van der Waals surface area contributed by atoms with Gasteiger partial charge in [0.2, 0.25) is 0 Å². The third-order valence-corrected chi connectivity index (χ3v) is 2.77. The molecule has 0 aliphatic heterocycles. The lowest BCUT2D eigenvalue weighted by molar-refractivity contribution is 0.0600. The minimum Gasteiger partial charge on any atom is -0.465 e. The lowest BCUT2D eigenvalue weighted by atomic mass is 10.1. The fraction of sp³-hybridized carbons (Fsp3) is 0.167. The highest BCUT2D eigenvalue weighted by molar-refractivity contribution is 6.32. The van der Waals surface area contributed by atoms with Crippen molar-refractivity contribution in [2.45, 2.75) is 0 Å². The molecule has 0 unspecified atom stereocenters. The Bertz CT molecular complexity index is 588. The molecule has 0 radical (unpaired) electrons. The fourth-order valence-corrected chi connectivity index (χ4v) is 1.81. The van der Waals surface area contributed by atoms with Gasteiger partial charge in [-0.1, -0.05) is 0 Å². The molecular formula is C12H10ClNO3. The van der Waals surface area contributed by atoms with E-state index in [1.807, 2.05) is 0 Å². The smallest absolute Gasteiger partial charge is 0.337 e. The summed E-state index contributed by atoms with van der Waals surface area (Å²) in [6.07, 6.45) is 1.59. The summed E-state index contributed by atoms with van der Waals surface area (Å²) >= 11 is 5.52. The number of aromatic amines is 1. The first-order valence-electron chi connectivity index (χ1n) is 4.96. The van der Waals surface area contributed by atoms with E-state index in [2.05, 4.69) is 9.72 Å². The van der Waals surface area contributed by atoms with Gasteiger partial charge in [-0.3, -0.25) is 4.79 Å².